The molecular formula is C12H10BrClN2O2S. The van der Waals surface area contributed by atoms with Crippen molar-refractivity contribution in [3.8, 4) is 0 Å². The first-order chi connectivity index (χ1) is 8.97. The van der Waals surface area contributed by atoms with E-state index < -0.39 is 4.92 Å². The minimum atomic E-state index is -0.494. The average Bonchev–Trinajstić information content (AvgIpc) is 2.75. The minimum absolute atomic E-state index is 0.0845. The van der Waals surface area contributed by atoms with Crippen LogP contribution in [-0.4, -0.2) is 4.92 Å². The molecular weight excluding hydrogens is 352 g/mol. The van der Waals surface area contributed by atoms with Gasteiger partial charge in [0.05, 0.1) is 11.0 Å². The van der Waals surface area contributed by atoms with Crippen molar-refractivity contribution >= 4 is 50.2 Å². The number of halogens is 2. The zero-order valence-electron chi connectivity index (χ0n) is 9.89. The van der Waals surface area contributed by atoms with Crippen molar-refractivity contribution in [3.63, 3.8) is 0 Å². The zero-order valence-corrected chi connectivity index (χ0v) is 13.1. The predicted molar refractivity (Wildman–Crippen MR) is 82.2 cm³/mol. The second kappa shape index (κ2) is 5.90. The number of hydrogen-bond acceptors (Lipinski definition) is 4. The Bertz CT molecular complexity index is 618. The second-order valence-corrected chi connectivity index (χ2v) is 6.22. The van der Waals surface area contributed by atoms with E-state index in [1.807, 2.05) is 18.4 Å². The number of rotatable bonds is 4. The molecule has 1 atom stereocenters. The van der Waals surface area contributed by atoms with Crippen molar-refractivity contribution in [1.29, 1.82) is 0 Å². The molecule has 0 saturated heterocycles. The molecule has 0 aliphatic heterocycles. The van der Waals surface area contributed by atoms with Crippen LogP contribution < -0.4 is 5.32 Å². The molecule has 0 aliphatic carbocycles. The van der Waals surface area contributed by atoms with Gasteiger partial charge in [-0.05, 0) is 41.1 Å². The summed E-state index contributed by atoms with van der Waals surface area (Å²) in [4.78, 5) is 11.4. The Morgan fingerprint density at radius 1 is 1.47 bits per heavy atom. The number of benzene rings is 1. The van der Waals surface area contributed by atoms with Gasteiger partial charge in [-0.25, -0.2) is 0 Å². The van der Waals surface area contributed by atoms with Crippen molar-refractivity contribution < 1.29 is 4.92 Å². The lowest BCUT2D eigenvalue weighted by Crippen LogP contribution is -2.04. The van der Waals surface area contributed by atoms with Crippen molar-refractivity contribution in [2.24, 2.45) is 0 Å². The summed E-state index contributed by atoms with van der Waals surface area (Å²) >= 11 is 10.9. The monoisotopic (exact) mass is 360 g/mol. The van der Waals surface area contributed by atoms with Gasteiger partial charge in [0.25, 0.3) is 5.69 Å². The van der Waals surface area contributed by atoms with E-state index in [4.69, 9.17) is 11.6 Å². The Hall–Kier alpha value is -1.11. The van der Waals surface area contributed by atoms with Crippen LogP contribution in [0.4, 0.5) is 11.4 Å². The summed E-state index contributed by atoms with van der Waals surface area (Å²) in [7, 11) is 0. The molecule has 0 amide bonds. The second-order valence-electron chi connectivity index (χ2n) is 3.96. The maximum absolute atomic E-state index is 10.7. The number of nitrogens with zero attached hydrogens (tertiary/aromatic N) is 1. The van der Waals surface area contributed by atoms with Crippen molar-refractivity contribution in [2.45, 2.75) is 13.0 Å². The number of thiophene rings is 1. The predicted octanol–water partition coefficient (Wildman–Crippen LogP) is 5.25. The van der Waals surface area contributed by atoms with Crippen LogP contribution in [0.15, 0.2) is 34.1 Å². The molecule has 4 nitrogen and oxygen atoms in total. The van der Waals surface area contributed by atoms with Crippen LogP contribution in [0.3, 0.4) is 0 Å². The molecule has 1 aromatic heterocycles. The number of nitro groups is 1. The van der Waals surface area contributed by atoms with Crippen LogP contribution in [0.25, 0.3) is 0 Å². The van der Waals surface area contributed by atoms with Crippen molar-refractivity contribution in [3.05, 3.63) is 54.1 Å². The van der Waals surface area contributed by atoms with Crippen LogP contribution in [0, 0.1) is 10.1 Å². The Labute approximate surface area is 127 Å². The van der Waals surface area contributed by atoms with Gasteiger partial charge in [-0.1, -0.05) is 11.6 Å². The first kappa shape index (κ1) is 14.3. The average molecular weight is 362 g/mol. The Morgan fingerprint density at radius 3 is 2.74 bits per heavy atom. The molecule has 1 aromatic carbocycles. The largest absolute Gasteiger partial charge is 0.378 e. The fraction of sp³-hybridized carbons (Fsp3) is 0.167. The standard InChI is InChI=1S/C12H10BrClN2O2S/c1-7(12-4-8(13)6-19-12)15-9-2-3-11(16(17)18)10(14)5-9/h2-7,15H,1H3. The molecule has 0 bridgehead atoms. The van der Waals surface area contributed by atoms with Crippen LogP contribution in [0.5, 0.6) is 0 Å². The van der Waals surface area contributed by atoms with E-state index in [-0.39, 0.29) is 16.8 Å². The highest BCUT2D eigenvalue weighted by molar-refractivity contribution is 9.10. The van der Waals surface area contributed by atoms with Gasteiger partial charge in [-0.2, -0.15) is 0 Å². The van der Waals surface area contributed by atoms with E-state index in [2.05, 4.69) is 21.2 Å². The van der Waals surface area contributed by atoms with Crippen LogP contribution in [0.2, 0.25) is 5.02 Å². The Balaban J connectivity index is 2.15. The summed E-state index contributed by atoms with van der Waals surface area (Å²) < 4.78 is 1.04. The molecule has 0 fully saturated rings. The van der Waals surface area contributed by atoms with Gasteiger partial charge >= 0.3 is 0 Å². The third-order valence-corrected chi connectivity index (χ3v) is 4.72. The van der Waals surface area contributed by atoms with Crippen LogP contribution in [0.1, 0.15) is 17.8 Å². The van der Waals surface area contributed by atoms with E-state index >= 15 is 0 Å². The third-order valence-electron chi connectivity index (χ3n) is 2.54. The fourth-order valence-corrected chi connectivity index (χ4v) is 3.32. The number of hydrogen-bond donors (Lipinski definition) is 1. The quantitative estimate of drug-likeness (QED) is 0.598. The van der Waals surface area contributed by atoms with Gasteiger partial charge in [-0.3, -0.25) is 10.1 Å². The van der Waals surface area contributed by atoms with Crippen molar-refractivity contribution in [2.75, 3.05) is 5.32 Å². The van der Waals surface area contributed by atoms with E-state index in [1.54, 1.807) is 23.5 Å². The fourth-order valence-electron chi connectivity index (χ4n) is 1.62. The highest BCUT2D eigenvalue weighted by Gasteiger charge is 2.14. The Kier molecular flexibility index (Phi) is 4.44. The first-order valence-corrected chi connectivity index (χ1v) is 7.47. The molecule has 0 aliphatic rings. The maximum atomic E-state index is 10.7. The lowest BCUT2D eigenvalue weighted by atomic mass is 10.2. The van der Waals surface area contributed by atoms with Gasteiger partial charge in [0, 0.05) is 26.5 Å². The third kappa shape index (κ3) is 3.46. The van der Waals surface area contributed by atoms with Gasteiger partial charge in [0.15, 0.2) is 0 Å². The van der Waals surface area contributed by atoms with Gasteiger partial charge in [-0.15, -0.1) is 11.3 Å². The number of nitrogens with one attached hydrogen (secondary N) is 1. The van der Waals surface area contributed by atoms with E-state index in [0.29, 0.717) is 0 Å². The molecule has 7 heteroatoms. The van der Waals surface area contributed by atoms with Crippen LogP contribution in [-0.2, 0) is 0 Å². The molecule has 0 saturated carbocycles. The van der Waals surface area contributed by atoms with E-state index in [0.717, 1.165) is 10.2 Å². The van der Waals surface area contributed by atoms with Gasteiger partial charge in [0.2, 0.25) is 0 Å². The molecule has 2 aromatic rings. The smallest absolute Gasteiger partial charge is 0.288 e. The maximum Gasteiger partial charge on any atom is 0.288 e. The topological polar surface area (TPSA) is 55.2 Å². The molecule has 1 N–H and O–H groups in total. The summed E-state index contributed by atoms with van der Waals surface area (Å²) in [5.74, 6) is 0. The lowest BCUT2D eigenvalue weighted by Gasteiger charge is -2.13. The van der Waals surface area contributed by atoms with Crippen molar-refractivity contribution in [1.82, 2.24) is 0 Å². The molecule has 100 valence electrons. The number of nitro benzene ring substituents is 1. The molecule has 2 rings (SSSR count). The summed E-state index contributed by atoms with van der Waals surface area (Å²) in [5.41, 5.74) is 0.673. The Morgan fingerprint density at radius 2 is 2.21 bits per heavy atom. The normalized spacial score (nSPS) is 12.2. The summed E-state index contributed by atoms with van der Waals surface area (Å²) in [6, 6.07) is 6.77. The molecule has 0 radical (unpaired) electrons. The minimum Gasteiger partial charge on any atom is -0.378 e. The highest BCUT2D eigenvalue weighted by Crippen LogP contribution is 2.31. The molecule has 0 spiro atoms. The number of anilines is 1. The molecule has 19 heavy (non-hydrogen) atoms. The van der Waals surface area contributed by atoms with Gasteiger partial charge < -0.3 is 5.32 Å². The van der Waals surface area contributed by atoms with E-state index in [9.17, 15) is 10.1 Å². The molecule has 1 unspecified atom stereocenters. The lowest BCUT2D eigenvalue weighted by molar-refractivity contribution is -0.384. The SMILES string of the molecule is CC(Nc1ccc([N+](=O)[O-])c(Cl)c1)c1cc(Br)cs1. The summed E-state index contributed by atoms with van der Waals surface area (Å²) in [6.45, 7) is 2.02. The summed E-state index contributed by atoms with van der Waals surface area (Å²) in [6.07, 6.45) is 0. The van der Waals surface area contributed by atoms with E-state index in [1.165, 1.54) is 10.9 Å². The summed E-state index contributed by atoms with van der Waals surface area (Å²) in [5, 5.41) is 16.1. The molecule has 1 heterocycles. The van der Waals surface area contributed by atoms with Gasteiger partial charge in [0.1, 0.15) is 5.02 Å². The zero-order chi connectivity index (χ0) is 14.0. The highest BCUT2D eigenvalue weighted by atomic mass is 79.9. The van der Waals surface area contributed by atoms with Crippen LogP contribution >= 0.6 is 38.9 Å². The first-order valence-electron chi connectivity index (χ1n) is 5.42.